The number of benzene rings is 4. The van der Waals surface area contributed by atoms with Crippen molar-refractivity contribution in [1.29, 1.82) is 0 Å². The van der Waals surface area contributed by atoms with Crippen molar-refractivity contribution in [2.24, 2.45) is 5.92 Å². The number of phenolic OH excluding ortho intramolecular Hbond substituents is 1. The fourth-order valence-electron chi connectivity index (χ4n) is 6.32. The number of hydrogen-bond donors (Lipinski definition) is 1. The second kappa shape index (κ2) is 10.8. The molecule has 2 aliphatic rings. The molecule has 0 bridgehead atoms. The predicted octanol–water partition coefficient (Wildman–Crippen LogP) is 7.35. The lowest BCUT2D eigenvalue weighted by Gasteiger charge is -2.43. The van der Waals surface area contributed by atoms with Crippen molar-refractivity contribution >= 4 is 29.1 Å². The number of imide groups is 1. The Labute approximate surface area is 244 Å². The Hall–Kier alpha value is -4.61. The number of allylic oxidation sites excluding steroid dienone is 3. The number of carbonyl (C=O) groups excluding carboxylic acids is 2. The van der Waals surface area contributed by atoms with Crippen LogP contribution in [-0.2, 0) is 21.6 Å². The van der Waals surface area contributed by atoms with Crippen molar-refractivity contribution < 1.29 is 19.4 Å². The molecular formula is C35H28ClNO4. The first-order valence-electron chi connectivity index (χ1n) is 13.5. The van der Waals surface area contributed by atoms with Gasteiger partial charge in [-0.2, -0.15) is 0 Å². The van der Waals surface area contributed by atoms with Crippen LogP contribution in [0.1, 0.15) is 29.0 Å². The largest absolute Gasteiger partial charge is 0.508 e. The van der Waals surface area contributed by atoms with Crippen LogP contribution in [0.2, 0.25) is 5.02 Å². The number of amides is 2. The lowest BCUT2D eigenvalue weighted by Crippen LogP contribution is -2.48. The maximum Gasteiger partial charge on any atom is 0.246 e. The summed E-state index contributed by atoms with van der Waals surface area (Å²) in [6.07, 6.45) is 4.02. The Morgan fingerprint density at radius 3 is 2.37 bits per heavy atom. The third kappa shape index (κ3) is 4.43. The fourth-order valence-corrected chi connectivity index (χ4v) is 6.50. The minimum atomic E-state index is -1.32. The second-order valence-corrected chi connectivity index (χ2v) is 10.8. The number of halogens is 1. The highest BCUT2D eigenvalue weighted by atomic mass is 35.5. The van der Waals surface area contributed by atoms with Gasteiger partial charge in [0.1, 0.15) is 18.1 Å². The normalized spacial score (nSPS) is 21.8. The summed E-state index contributed by atoms with van der Waals surface area (Å²) in [6, 6.07) is 31.0. The van der Waals surface area contributed by atoms with Gasteiger partial charge in [0.25, 0.3) is 0 Å². The maximum atomic E-state index is 14.8. The summed E-state index contributed by atoms with van der Waals surface area (Å²) in [5.74, 6) is -1.56. The zero-order valence-electron chi connectivity index (χ0n) is 22.2. The highest BCUT2D eigenvalue weighted by Gasteiger charge is 2.66. The quantitative estimate of drug-likeness (QED) is 0.240. The van der Waals surface area contributed by atoms with Gasteiger partial charge in [0.2, 0.25) is 11.8 Å². The molecule has 1 aliphatic heterocycles. The molecule has 204 valence electrons. The number of aromatic hydroxyl groups is 1. The monoisotopic (exact) mass is 561 g/mol. The minimum Gasteiger partial charge on any atom is -0.508 e. The number of phenols is 1. The number of rotatable bonds is 7. The Bertz CT molecular complexity index is 1670. The summed E-state index contributed by atoms with van der Waals surface area (Å²) in [7, 11) is 0. The van der Waals surface area contributed by atoms with Crippen LogP contribution in [0.4, 0.5) is 5.69 Å². The number of carbonyl (C=O) groups is 2. The second-order valence-electron chi connectivity index (χ2n) is 10.3. The molecular weight excluding hydrogens is 534 g/mol. The number of hydrogen-bond acceptors (Lipinski definition) is 4. The van der Waals surface area contributed by atoms with Crippen LogP contribution in [0.15, 0.2) is 127 Å². The molecule has 0 saturated carbocycles. The van der Waals surface area contributed by atoms with E-state index in [9.17, 15) is 14.7 Å². The van der Waals surface area contributed by atoms with Gasteiger partial charge in [-0.05, 0) is 47.4 Å². The van der Waals surface area contributed by atoms with E-state index in [1.165, 1.54) is 4.90 Å². The highest BCUT2D eigenvalue weighted by molar-refractivity contribution is 6.32. The van der Waals surface area contributed by atoms with Crippen LogP contribution in [0.3, 0.4) is 0 Å². The van der Waals surface area contributed by atoms with Gasteiger partial charge in [-0.1, -0.05) is 103 Å². The molecule has 6 rings (SSSR count). The predicted molar refractivity (Wildman–Crippen MR) is 160 cm³/mol. The van der Waals surface area contributed by atoms with E-state index in [4.69, 9.17) is 16.3 Å². The molecule has 4 aromatic carbocycles. The zero-order chi connectivity index (χ0) is 28.6. The molecule has 0 radical (unpaired) electrons. The third-order valence-corrected chi connectivity index (χ3v) is 8.35. The van der Waals surface area contributed by atoms with Crippen LogP contribution < -0.4 is 9.64 Å². The summed E-state index contributed by atoms with van der Waals surface area (Å²) in [5, 5.41) is 11.9. The van der Waals surface area contributed by atoms with Crippen molar-refractivity contribution in [3.8, 4) is 11.5 Å². The van der Waals surface area contributed by atoms with E-state index in [1.807, 2.05) is 66.7 Å². The van der Waals surface area contributed by atoms with Crippen LogP contribution in [0.5, 0.6) is 11.5 Å². The van der Waals surface area contributed by atoms with E-state index in [-0.39, 0.29) is 17.6 Å². The molecule has 0 aromatic heterocycles. The van der Waals surface area contributed by atoms with Crippen molar-refractivity contribution in [1.82, 2.24) is 0 Å². The maximum absolute atomic E-state index is 14.8. The molecule has 5 nitrogen and oxygen atoms in total. The molecule has 0 spiro atoms. The lowest BCUT2D eigenvalue weighted by molar-refractivity contribution is -0.123. The molecule has 4 aromatic rings. The van der Waals surface area contributed by atoms with Gasteiger partial charge in [-0.25, -0.2) is 4.90 Å². The van der Waals surface area contributed by atoms with E-state index in [1.54, 1.807) is 48.5 Å². The molecule has 41 heavy (non-hydrogen) atoms. The number of ether oxygens (including phenoxy) is 1. The summed E-state index contributed by atoms with van der Waals surface area (Å²) < 4.78 is 5.95. The van der Waals surface area contributed by atoms with Gasteiger partial charge in [-0.3, -0.25) is 9.59 Å². The van der Waals surface area contributed by atoms with E-state index in [2.05, 4.69) is 6.58 Å². The Morgan fingerprint density at radius 2 is 1.68 bits per heavy atom. The van der Waals surface area contributed by atoms with Crippen molar-refractivity contribution in [2.75, 3.05) is 4.90 Å². The van der Waals surface area contributed by atoms with Gasteiger partial charge in [0, 0.05) is 22.6 Å². The lowest BCUT2D eigenvalue weighted by atomic mass is 9.56. The number of anilines is 1. The smallest absolute Gasteiger partial charge is 0.246 e. The van der Waals surface area contributed by atoms with Crippen LogP contribution >= 0.6 is 11.6 Å². The summed E-state index contributed by atoms with van der Waals surface area (Å²) >= 11 is 6.28. The van der Waals surface area contributed by atoms with Gasteiger partial charge in [0.15, 0.2) is 0 Å². The van der Waals surface area contributed by atoms with Crippen molar-refractivity contribution in [2.45, 2.75) is 24.4 Å². The standard InChI is InChI=1S/C35H28ClNO4/c1-2-24-16-19-30-33(39)37(27-15-9-14-26(36)20-27)34(40)35(30,25-12-7-4-8-13-25)32(24)29-18-17-28(21-31(29)38)41-22-23-10-5-3-6-11-23/h2-18,20-21,30,32,38H,1,19,22H2. The first kappa shape index (κ1) is 26.6. The summed E-state index contributed by atoms with van der Waals surface area (Å²) in [5.41, 5.74) is 2.10. The van der Waals surface area contributed by atoms with Crippen LogP contribution in [0.25, 0.3) is 0 Å². The fraction of sp³-hybridized carbons (Fsp3) is 0.143. The highest BCUT2D eigenvalue weighted by Crippen LogP contribution is 2.59. The van der Waals surface area contributed by atoms with E-state index in [0.717, 1.165) is 11.1 Å². The molecule has 1 heterocycles. The van der Waals surface area contributed by atoms with Crippen molar-refractivity contribution in [3.05, 3.63) is 149 Å². The van der Waals surface area contributed by atoms with E-state index >= 15 is 0 Å². The Kier molecular flexibility index (Phi) is 6.98. The average molecular weight is 562 g/mol. The molecule has 1 saturated heterocycles. The molecule has 2 amide bonds. The first-order valence-corrected chi connectivity index (χ1v) is 13.8. The molecule has 3 unspecified atom stereocenters. The van der Waals surface area contributed by atoms with Gasteiger partial charge in [0.05, 0.1) is 17.0 Å². The summed E-state index contributed by atoms with van der Waals surface area (Å²) in [4.78, 5) is 30.1. The van der Waals surface area contributed by atoms with Gasteiger partial charge >= 0.3 is 0 Å². The SMILES string of the molecule is C=CC1=CCC2C(=O)N(c3cccc(Cl)c3)C(=O)C2(c2ccccc2)C1c1ccc(OCc2ccccc2)cc1O. The average Bonchev–Trinajstić information content (AvgIpc) is 3.23. The Balaban J connectivity index is 1.49. The van der Waals surface area contributed by atoms with Gasteiger partial charge < -0.3 is 9.84 Å². The minimum absolute atomic E-state index is 0.0225. The molecule has 6 heteroatoms. The first-order chi connectivity index (χ1) is 19.9. The zero-order valence-corrected chi connectivity index (χ0v) is 23.0. The number of nitrogens with zero attached hydrogens (tertiary/aromatic N) is 1. The third-order valence-electron chi connectivity index (χ3n) is 8.12. The Morgan fingerprint density at radius 1 is 0.951 bits per heavy atom. The van der Waals surface area contributed by atoms with Crippen LogP contribution in [0, 0.1) is 5.92 Å². The molecule has 1 N–H and O–H groups in total. The number of fused-ring (bicyclic) bond motifs is 1. The molecule has 1 fully saturated rings. The summed E-state index contributed by atoms with van der Waals surface area (Å²) in [6.45, 7) is 4.39. The van der Waals surface area contributed by atoms with Crippen molar-refractivity contribution in [3.63, 3.8) is 0 Å². The molecule has 1 aliphatic carbocycles. The molecule has 3 atom stereocenters. The topological polar surface area (TPSA) is 66.8 Å². The van der Waals surface area contributed by atoms with E-state index in [0.29, 0.717) is 40.6 Å². The van der Waals surface area contributed by atoms with Gasteiger partial charge in [-0.15, -0.1) is 0 Å². The van der Waals surface area contributed by atoms with E-state index < -0.39 is 17.3 Å². The van der Waals surface area contributed by atoms with Crippen LogP contribution in [-0.4, -0.2) is 16.9 Å².